The van der Waals surface area contributed by atoms with Gasteiger partial charge in [-0.05, 0) is 42.8 Å². The maximum Gasteiger partial charge on any atom is 0.249 e. The van der Waals surface area contributed by atoms with E-state index in [0.717, 1.165) is 5.69 Å². The van der Waals surface area contributed by atoms with Gasteiger partial charge in [-0.1, -0.05) is 17.7 Å². The molecule has 1 atom stereocenters. The average Bonchev–Trinajstić information content (AvgIpc) is 2.96. The van der Waals surface area contributed by atoms with Crippen molar-refractivity contribution >= 4 is 39.9 Å². The van der Waals surface area contributed by atoms with E-state index in [1.807, 2.05) is 12.1 Å². The number of benzene rings is 2. The molecule has 0 saturated carbocycles. The maximum atomic E-state index is 13.6. The molecule has 3 aromatic rings. The number of nitrogens with one attached hydrogen (secondary N) is 1. The topological polar surface area (TPSA) is 58.1 Å². The second kappa shape index (κ2) is 6.29. The largest absolute Gasteiger partial charge is 0.358 e. The zero-order valence-corrected chi connectivity index (χ0v) is 13.9. The number of carbonyl (C=O) groups is 1. The molecule has 1 aliphatic heterocycles. The first-order valence-corrected chi connectivity index (χ1v) is 8.23. The Morgan fingerprint density at radius 2 is 2.08 bits per heavy atom. The summed E-state index contributed by atoms with van der Waals surface area (Å²) in [7, 11) is 0. The molecule has 1 unspecified atom stereocenters. The first-order chi connectivity index (χ1) is 12.1. The molecule has 4 rings (SSSR count). The molecule has 1 N–H and O–H groups in total. The summed E-state index contributed by atoms with van der Waals surface area (Å²) in [5.41, 5.74) is 1.39. The van der Waals surface area contributed by atoms with Gasteiger partial charge in [0.05, 0.1) is 5.52 Å². The van der Waals surface area contributed by atoms with Gasteiger partial charge in [-0.15, -0.1) is 0 Å². The molecule has 126 valence electrons. The SMILES string of the molecule is O=C1C(Nc2ncnc3ccc(F)cc23)CCN1c1cccc(Cl)c1. The quantitative estimate of drug-likeness (QED) is 0.778. The van der Waals surface area contributed by atoms with Crippen molar-refractivity contribution in [1.82, 2.24) is 9.97 Å². The van der Waals surface area contributed by atoms with Gasteiger partial charge in [0.2, 0.25) is 5.91 Å². The van der Waals surface area contributed by atoms with Gasteiger partial charge in [-0.2, -0.15) is 0 Å². The Bertz CT molecular complexity index is 965. The van der Waals surface area contributed by atoms with Crippen LogP contribution in [0, 0.1) is 5.82 Å². The summed E-state index contributed by atoms with van der Waals surface area (Å²) in [6.45, 7) is 0.578. The minimum absolute atomic E-state index is 0.0644. The van der Waals surface area contributed by atoms with Crippen molar-refractivity contribution in [1.29, 1.82) is 0 Å². The Kier molecular flexibility index (Phi) is 3.97. The molecule has 1 saturated heterocycles. The lowest BCUT2D eigenvalue weighted by Gasteiger charge is -2.18. The number of halogens is 2. The zero-order chi connectivity index (χ0) is 17.4. The van der Waals surface area contributed by atoms with Crippen molar-refractivity contribution in [3.63, 3.8) is 0 Å². The van der Waals surface area contributed by atoms with Crippen LogP contribution in [0.25, 0.3) is 10.9 Å². The predicted octanol–water partition coefficient (Wildman–Crippen LogP) is 3.64. The van der Waals surface area contributed by atoms with Crippen LogP contribution in [0.5, 0.6) is 0 Å². The van der Waals surface area contributed by atoms with Gasteiger partial charge < -0.3 is 10.2 Å². The Balaban J connectivity index is 1.60. The monoisotopic (exact) mass is 356 g/mol. The summed E-state index contributed by atoms with van der Waals surface area (Å²) in [5.74, 6) is 0.0184. The highest BCUT2D eigenvalue weighted by Gasteiger charge is 2.33. The third-order valence-electron chi connectivity index (χ3n) is 4.23. The summed E-state index contributed by atoms with van der Waals surface area (Å²) < 4.78 is 13.6. The van der Waals surface area contributed by atoms with E-state index in [1.54, 1.807) is 23.1 Å². The Labute approximate surface area is 148 Å². The third-order valence-corrected chi connectivity index (χ3v) is 4.47. The number of aromatic nitrogens is 2. The van der Waals surface area contributed by atoms with E-state index in [-0.39, 0.29) is 11.7 Å². The minimum atomic E-state index is -0.430. The van der Waals surface area contributed by atoms with Crippen LogP contribution in [-0.4, -0.2) is 28.5 Å². The number of fused-ring (bicyclic) bond motifs is 1. The fourth-order valence-corrected chi connectivity index (χ4v) is 3.21. The number of anilines is 2. The van der Waals surface area contributed by atoms with Crippen LogP contribution >= 0.6 is 11.6 Å². The van der Waals surface area contributed by atoms with Gasteiger partial charge >= 0.3 is 0 Å². The van der Waals surface area contributed by atoms with Crippen LogP contribution in [-0.2, 0) is 4.79 Å². The summed E-state index contributed by atoms with van der Waals surface area (Å²) in [6.07, 6.45) is 2.02. The molecule has 0 bridgehead atoms. The number of hydrogen-bond acceptors (Lipinski definition) is 4. The van der Waals surface area contributed by atoms with Crippen LogP contribution in [0.1, 0.15) is 6.42 Å². The van der Waals surface area contributed by atoms with Crippen molar-refractivity contribution < 1.29 is 9.18 Å². The molecule has 5 nitrogen and oxygen atoms in total. The van der Waals surface area contributed by atoms with Crippen LogP contribution < -0.4 is 10.2 Å². The standard InChI is InChI=1S/C18H14ClFN4O/c19-11-2-1-3-13(8-11)24-7-6-16(18(24)25)23-17-14-9-12(20)4-5-15(14)21-10-22-17/h1-5,8-10,16H,6-7H2,(H,21,22,23). The molecule has 0 aliphatic carbocycles. The van der Waals surface area contributed by atoms with E-state index in [2.05, 4.69) is 15.3 Å². The van der Waals surface area contributed by atoms with Gasteiger partial charge in [0.25, 0.3) is 0 Å². The number of carbonyl (C=O) groups excluding carboxylic acids is 1. The van der Waals surface area contributed by atoms with Crippen LogP contribution in [0.2, 0.25) is 5.02 Å². The van der Waals surface area contributed by atoms with Crippen molar-refractivity contribution in [2.24, 2.45) is 0 Å². The lowest BCUT2D eigenvalue weighted by atomic mass is 10.2. The third kappa shape index (κ3) is 3.00. The number of nitrogens with zero attached hydrogens (tertiary/aromatic N) is 3. The van der Waals surface area contributed by atoms with E-state index in [0.29, 0.717) is 34.7 Å². The van der Waals surface area contributed by atoms with Crippen molar-refractivity contribution in [3.8, 4) is 0 Å². The predicted molar refractivity (Wildman–Crippen MR) is 95.3 cm³/mol. The van der Waals surface area contributed by atoms with Crippen LogP contribution in [0.3, 0.4) is 0 Å². The van der Waals surface area contributed by atoms with Crippen molar-refractivity contribution in [2.75, 3.05) is 16.8 Å². The molecule has 1 aliphatic rings. The van der Waals surface area contributed by atoms with Gasteiger partial charge in [0.1, 0.15) is 24.0 Å². The summed E-state index contributed by atoms with van der Waals surface area (Å²) in [5, 5.41) is 4.27. The van der Waals surface area contributed by atoms with Crippen LogP contribution in [0.4, 0.5) is 15.9 Å². The Morgan fingerprint density at radius 3 is 2.92 bits per heavy atom. The van der Waals surface area contributed by atoms with Gasteiger partial charge in [0, 0.05) is 22.6 Å². The highest BCUT2D eigenvalue weighted by atomic mass is 35.5. The zero-order valence-electron chi connectivity index (χ0n) is 13.1. The van der Waals surface area contributed by atoms with E-state index in [9.17, 15) is 9.18 Å². The van der Waals surface area contributed by atoms with E-state index < -0.39 is 6.04 Å². The lowest BCUT2D eigenvalue weighted by Crippen LogP contribution is -2.33. The molecule has 2 heterocycles. The molecule has 0 radical (unpaired) electrons. The smallest absolute Gasteiger partial charge is 0.249 e. The van der Waals surface area contributed by atoms with Crippen molar-refractivity contribution in [3.05, 3.63) is 59.6 Å². The molecule has 25 heavy (non-hydrogen) atoms. The summed E-state index contributed by atoms with van der Waals surface area (Å²) in [4.78, 5) is 22.7. The van der Waals surface area contributed by atoms with Crippen LogP contribution in [0.15, 0.2) is 48.8 Å². The molecule has 1 amide bonds. The average molecular weight is 357 g/mol. The molecule has 1 aromatic heterocycles. The Hall–Kier alpha value is -2.73. The fraction of sp³-hybridized carbons (Fsp3) is 0.167. The number of hydrogen-bond donors (Lipinski definition) is 1. The lowest BCUT2D eigenvalue weighted by molar-refractivity contribution is -0.117. The normalized spacial score (nSPS) is 17.3. The number of amides is 1. The molecule has 7 heteroatoms. The molecular formula is C18H14ClFN4O. The van der Waals surface area contributed by atoms with Gasteiger partial charge in [-0.25, -0.2) is 14.4 Å². The van der Waals surface area contributed by atoms with Crippen molar-refractivity contribution in [2.45, 2.75) is 12.5 Å². The second-order valence-electron chi connectivity index (χ2n) is 5.84. The highest BCUT2D eigenvalue weighted by Crippen LogP contribution is 2.27. The van der Waals surface area contributed by atoms with E-state index in [1.165, 1.54) is 18.5 Å². The van der Waals surface area contributed by atoms with E-state index in [4.69, 9.17) is 11.6 Å². The summed E-state index contributed by atoms with van der Waals surface area (Å²) >= 11 is 6.01. The number of rotatable bonds is 3. The molecular weight excluding hydrogens is 343 g/mol. The molecule has 2 aromatic carbocycles. The van der Waals surface area contributed by atoms with E-state index >= 15 is 0 Å². The summed E-state index contributed by atoms with van der Waals surface area (Å²) in [6, 6.07) is 11.1. The second-order valence-corrected chi connectivity index (χ2v) is 6.28. The highest BCUT2D eigenvalue weighted by molar-refractivity contribution is 6.31. The fourth-order valence-electron chi connectivity index (χ4n) is 3.02. The van der Waals surface area contributed by atoms with Gasteiger partial charge in [0.15, 0.2) is 0 Å². The molecule has 0 spiro atoms. The first-order valence-electron chi connectivity index (χ1n) is 7.85. The minimum Gasteiger partial charge on any atom is -0.358 e. The maximum absolute atomic E-state index is 13.6. The Morgan fingerprint density at radius 1 is 1.20 bits per heavy atom. The van der Waals surface area contributed by atoms with Gasteiger partial charge in [-0.3, -0.25) is 4.79 Å². The molecule has 1 fully saturated rings. The first kappa shape index (κ1) is 15.8.